The van der Waals surface area contributed by atoms with E-state index in [4.69, 9.17) is 9.47 Å². The van der Waals surface area contributed by atoms with E-state index in [-0.39, 0.29) is 25.0 Å². The van der Waals surface area contributed by atoms with Crippen LogP contribution >= 0.6 is 0 Å². The molecule has 25 heavy (non-hydrogen) atoms. The number of rotatable bonds is 9. The second-order valence-electron chi connectivity index (χ2n) is 5.20. The van der Waals surface area contributed by atoms with Crippen molar-refractivity contribution in [3.63, 3.8) is 0 Å². The number of carbonyl (C=O) groups excluding carboxylic acids is 2. The third-order valence-electron chi connectivity index (χ3n) is 3.05. The molecule has 0 atom stereocenters. The van der Waals surface area contributed by atoms with Crippen LogP contribution in [-0.2, 0) is 14.3 Å². The van der Waals surface area contributed by atoms with E-state index in [1.165, 1.54) is 7.11 Å². The zero-order valence-corrected chi connectivity index (χ0v) is 13.7. The molecule has 0 aliphatic carbocycles. The summed E-state index contributed by atoms with van der Waals surface area (Å²) in [4.78, 5) is 23.0. The smallest absolute Gasteiger partial charge is 0.340 e. The monoisotopic (exact) mass is 366 g/mol. The number of aryl methyl sites for hydroxylation is 1. The van der Waals surface area contributed by atoms with E-state index in [1.54, 1.807) is 25.1 Å². The van der Waals surface area contributed by atoms with Crippen LogP contribution in [0.4, 0.5) is 17.6 Å². The minimum atomic E-state index is -4.39. The minimum absolute atomic E-state index is 0.0357. The van der Waals surface area contributed by atoms with Gasteiger partial charge in [-0.15, -0.1) is 0 Å². The Kier molecular flexibility index (Phi) is 7.66. The molecule has 0 radical (unpaired) electrons. The Hall–Kier alpha value is -2.32. The lowest BCUT2D eigenvalue weighted by Gasteiger charge is -2.14. The van der Waals surface area contributed by atoms with Gasteiger partial charge in [0.2, 0.25) is 0 Å². The Morgan fingerprint density at radius 1 is 1.12 bits per heavy atom. The summed E-state index contributed by atoms with van der Waals surface area (Å²) in [7, 11) is 1.41. The highest BCUT2D eigenvalue weighted by Crippen LogP contribution is 2.28. The van der Waals surface area contributed by atoms with E-state index in [0.29, 0.717) is 5.75 Å². The number of methoxy groups -OCH3 is 1. The molecule has 140 valence electrons. The fraction of sp³-hybridized carbons (Fsp3) is 0.500. The molecule has 0 bridgehead atoms. The lowest BCUT2D eigenvalue weighted by molar-refractivity contribution is -0.179. The maximum Gasteiger partial charge on any atom is 0.340 e. The highest BCUT2D eigenvalue weighted by molar-refractivity contribution is 5.75. The van der Waals surface area contributed by atoms with E-state index in [1.807, 2.05) is 0 Å². The van der Waals surface area contributed by atoms with Crippen LogP contribution in [0.25, 0.3) is 0 Å². The number of esters is 2. The normalized spacial score (nSPS) is 11.3. The molecular weight excluding hydrogens is 348 g/mol. The van der Waals surface area contributed by atoms with Gasteiger partial charge in [0, 0.05) is 12.8 Å². The number of carbonyl (C=O) groups is 2. The quantitative estimate of drug-likeness (QED) is 0.380. The van der Waals surface area contributed by atoms with Crippen molar-refractivity contribution in [2.45, 2.75) is 38.5 Å². The molecule has 9 heteroatoms. The Labute approximate surface area is 141 Å². The van der Waals surface area contributed by atoms with Gasteiger partial charge < -0.3 is 14.2 Å². The van der Waals surface area contributed by atoms with Crippen LogP contribution < -0.4 is 9.47 Å². The fourth-order valence-corrected chi connectivity index (χ4v) is 1.73. The summed E-state index contributed by atoms with van der Waals surface area (Å²) in [5, 5.41) is 0. The lowest BCUT2D eigenvalue weighted by Crippen LogP contribution is -2.33. The average molecular weight is 366 g/mol. The summed E-state index contributed by atoms with van der Waals surface area (Å²) in [5.74, 6) is -5.58. The summed E-state index contributed by atoms with van der Waals surface area (Å²) < 4.78 is 63.2. The highest BCUT2D eigenvalue weighted by Gasteiger charge is 2.42. The van der Waals surface area contributed by atoms with Gasteiger partial charge in [0.15, 0.2) is 18.1 Å². The lowest BCUT2D eigenvalue weighted by atomic mass is 10.2. The van der Waals surface area contributed by atoms with Crippen LogP contribution in [0.15, 0.2) is 18.2 Å². The predicted molar refractivity (Wildman–Crippen MR) is 79.1 cm³/mol. The van der Waals surface area contributed by atoms with Crippen molar-refractivity contribution in [2.75, 3.05) is 13.7 Å². The first-order valence-electron chi connectivity index (χ1n) is 7.32. The summed E-state index contributed by atoms with van der Waals surface area (Å²) in [6.07, 6.45) is -4.51. The third-order valence-corrected chi connectivity index (χ3v) is 3.05. The number of alkyl halides is 4. The molecule has 0 N–H and O–H groups in total. The molecule has 0 unspecified atom stereocenters. The molecule has 0 amide bonds. The van der Waals surface area contributed by atoms with E-state index in [2.05, 4.69) is 4.74 Å². The van der Waals surface area contributed by atoms with Crippen molar-refractivity contribution in [3.05, 3.63) is 23.8 Å². The van der Waals surface area contributed by atoms with Gasteiger partial charge in [-0.25, -0.2) is 8.78 Å². The van der Waals surface area contributed by atoms with Crippen LogP contribution in [0.5, 0.6) is 11.5 Å². The number of hydrogen-bond acceptors (Lipinski definition) is 5. The van der Waals surface area contributed by atoms with Crippen LogP contribution in [0, 0.1) is 6.92 Å². The van der Waals surface area contributed by atoms with Crippen LogP contribution in [0.2, 0.25) is 0 Å². The molecule has 1 aromatic carbocycles. The zero-order valence-electron chi connectivity index (χ0n) is 13.7. The van der Waals surface area contributed by atoms with Crippen molar-refractivity contribution in [1.82, 2.24) is 0 Å². The van der Waals surface area contributed by atoms with Crippen molar-refractivity contribution in [2.24, 2.45) is 0 Å². The fourth-order valence-electron chi connectivity index (χ4n) is 1.73. The van der Waals surface area contributed by atoms with Gasteiger partial charge >= 0.3 is 24.3 Å². The second kappa shape index (κ2) is 9.24. The minimum Gasteiger partial charge on any atom is -0.493 e. The van der Waals surface area contributed by atoms with Crippen LogP contribution in [0.3, 0.4) is 0 Å². The SMILES string of the molecule is COc1ccc(C)cc1OC(=O)CCCC(=O)OCC(F)(F)C(F)F. The summed E-state index contributed by atoms with van der Waals surface area (Å²) in [6, 6.07) is 4.98. The Morgan fingerprint density at radius 2 is 1.76 bits per heavy atom. The maximum atomic E-state index is 12.6. The zero-order chi connectivity index (χ0) is 19.0. The van der Waals surface area contributed by atoms with Gasteiger partial charge in [-0.05, 0) is 31.0 Å². The largest absolute Gasteiger partial charge is 0.493 e. The number of benzene rings is 1. The van der Waals surface area contributed by atoms with Crippen LogP contribution in [0.1, 0.15) is 24.8 Å². The molecule has 0 heterocycles. The van der Waals surface area contributed by atoms with Gasteiger partial charge in [0.1, 0.15) is 0 Å². The summed E-state index contributed by atoms with van der Waals surface area (Å²) in [6.45, 7) is 0.0936. The van der Waals surface area contributed by atoms with Gasteiger partial charge in [-0.2, -0.15) is 8.78 Å². The average Bonchev–Trinajstić information content (AvgIpc) is 2.53. The first-order chi connectivity index (χ1) is 11.7. The van der Waals surface area contributed by atoms with E-state index in [9.17, 15) is 27.2 Å². The molecular formula is C16H18F4O5. The molecule has 0 fully saturated rings. The summed E-state index contributed by atoms with van der Waals surface area (Å²) >= 11 is 0. The Morgan fingerprint density at radius 3 is 2.36 bits per heavy atom. The number of halogens is 4. The molecule has 0 saturated heterocycles. The third kappa shape index (κ3) is 6.98. The number of ether oxygens (including phenoxy) is 3. The molecule has 0 aliphatic rings. The van der Waals surface area contributed by atoms with E-state index >= 15 is 0 Å². The summed E-state index contributed by atoms with van der Waals surface area (Å²) in [5.41, 5.74) is 0.840. The highest BCUT2D eigenvalue weighted by atomic mass is 19.3. The molecule has 0 spiro atoms. The van der Waals surface area contributed by atoms with Crippen LogP contribution in [-0.4, -0.2) is 38.0 Å². The van der Waals surface area contributed by atoms with Gasteiger partial charge in [0.05, 0.1) is 7.11 Å². The molecule has 0 saturated carbocycles. The van der Waals surface area contributed by atoms with Crippen molar-refractivity contribution in [3.8, 4) is 11.5 Å². The first-order valence-corrected chi connectivity index (χ1v) is 7.32. The molecule has 0 aromatic heterocycles. The molecule has 0 aliphatic heterocycles. The molecule has 5 nitrogen and oxygen atoms in total. The number of hydrogen-bond donors (Lipinski definition) is 0. The van der Waals surface area contributed by atoms with Crippen molar-refractivity contribution < 1.29 is 41.4 Å². The van der Waals surface area contributed by atoms with Crippen molar-refractivity contribution >= 4 is 11.9 Å². The van der Waals surface area contributed by atoms with E-state index in [0.717, 1.165) is 5.56 Å². The van der Waals surface area contributed by atoms with Gasteiger partial charge in [-0.3, -0.25) is 9.59 Å². The van der Waals surface area contributed by atoms with Crippen molar-refractivity contribution in [1.29, 1.82) is 0 Å². The molecule has 1 aromatic rings. The maximum absolute atomic E-state index is 12.6. The predicted octanol–water partition coefficient (Wildman–Crippen LogP) is 3.52. The standard InChI is InChI=1S/C16H18F4O5/c1-10-6-7-11(23-2)12(8-10)25-14(22)5-3-4-13(21)24-9-16(19,20)15(17)18/h6-8,15H,3-5,9H2,1-2H3. The topological polar surface area (TPSA) is 61.8 Å². The Bertz CT molecular complexity index is 604. The van der Waals surface area contributed by atoms with E-state index < -0.39 is 30.9 Å². The van der Waals surface area contributed by atoms with Gasteiger partial charge in [-0.1, -0.05) is 6.07 Å². The first kappa shape index (κ1) is 20.7. The molecule has 1 rings (SSSR count). The second-order valence-corrected chi connectivity index (χ2v) is 5.20. The Balaban J connectivity index is 2.38. The van der Waals surface area contributed by atoms with Gasteiger partial charge in [0.25, 0.3) is 0 Å².